The maximum absolute atomic E-state index is 5.18. The van der Waals surface area contributed by atoms with Gasteiger partial charge in [-0.1, -0.05) is 146 Å². The summed E-state index contributed by atoms with van der Waals surface area (Å²) in [6.07, 6.45) is 1.82. The van der Waals surface area contributed by atoms with Gasteiger partial charge in [0.05, 0.1) is 16.9 Å². The van der Waals surface area contributed by atoms with Gasteiger partial charge in [-0.15, -0.1) is 0 Å². The van der Waals surface area contributed by atoms with Crippen LogP contribution >= 0.6 is 0 Å². The number of pyridine rings is 2. The van der Waals surface area contributed by atoms with Crippen LogP contribution in [-0.4, -0.2) is 24.9 Å². The normalized spacial score (nSPS) is 11.2. The van der Waals surface area contributed by atoms with Gasteiger partial charge in [-0.3, -0.25) is 4.98 Å². The summed E-state index contributed by atoms with van der Waals surface area (Å²) in [7, 11) is 0. The third-order valence-corrected chi connectivity index (χ3v) is 8.99. The van der Waals surface area contributed by atoms with Crippen molar-refractivity contribution in [2.75, 3.05) is 0 Å². The molecular weight excluding hydrogens is 611 g/mol. The van der Waals surface area contributed by atoms with Crippen molar-refractivity contribution >= 4 is 21.7 Å². The Morgan fingerprint density at radius 3 is 1.48 bits per heavy atom. The summed E-state index contributed by atoms with van der Waals surface area (Å²) in [5, 5.41) is 3.33. The van der Waals surface area contributed by atoms with Crippen LogP contribution in [0.5, 0.6) is 0 Å². The van der Waals surface area contributed by atoms with Crippen molar-refractivity contribution in [2.24, 2.45) is 0 Å². The van der Waals surface area contributed by atoms with Gasteiger partial charge < -0.3 is 0 Å². The average molecular weight is 640 g/mol. The van der Waals surface area contributed by atoms with E-state index >= 15 is 0 Å². The smallest absolute Gasteiger partial charge is 0.164 e. The summed E-state index contributed by atoms with van der Waals surface area (Å²) in [6.45, 7) is 0. The van der Waals surface area contributed by atoms with Crippen LogP contribution in [0.25, 0.3) is 89.5 Å². The van der Waals surface area contributed by atoms with E-state index < -0.39 is 0 Å². The zero-order valence-corrected chi connectivity index (χ0v) is 27.0. The standard InChI is InChI=1S/C45H29N5/c1-4-13-31(14-5-1)36-19-12-20-37-41(36)38-29-35(26-27-39(38)47-42(37)40-21-10-11-28-46-40)30-22-24-34(25-23-30)45-49-43(32-15-6-2-7-16-32)48-44(50-45)33-17-8-3-9-18-33/h1-29H. The second kappa shape index (κ2) is 12.6. The minimum atomic E-state index is 0.632. The zero-order chi connectivity index (χ0) is 33.3. The maximum Gasteiger partial charge on any atom is 0.164 e. The summed E-state index contributed by atoms with van der Waals surface area (Å²) >= 11 is 0. The lowest BCUT2D eigenvalue weighted by atomic mass is 9.92. The van der Waals surface area contributed by atoms with Gasteiger partial charge in [0.1, 0.15) is 0 Å². The van der Waals surface area contributed by atoms with Crippen molar-refractivity contribution in [1.29, 1.82) is 0 Å². The summed E-state index contributed by atoms with van der Waals surface area (Å²) in [4.78, 5) is 24.5. The molecular formula is C45H29N5. The van der Waals surface area contributed by atoms with E-state index in [1.165, 1.54) is 5.56 Å². The summed E-state index contributed by atoms with van der Waals surface area (Å²) in [5.74, 6) is 1.92. The fourth-order valence-corrected chi connectivity index (χ4v) is 6.54. The predicted molar refractivity (Wildman–Crippen MR) is 203 cm³/mol. The third-order valence-electron chi connectivity index (χ3n) is 8.99. The van der Waals surface area contributed by atoms with Gasteiger partial charge >= 0.3 is 0 Å². The first-order valence-corrected chi connectivity index (χ1v) is 16.6. The second-order valence-electron chi connectivity index (χ2n) is 12.1. The SMILES string of the molecule is c1ccc(-c2nc(-c3ccccc3)nc(-c3ccc(-c4ccc5nc(-c6ccccn6)c6cccc(-c7ccccc7)c6c5c4)cc3)n2)cc1. The molecule has 0 radical (unpaired) electrons. The topological polar surface area (TPSA) is 64.5 Å². The lowest BCUT2D eigenvalue weighted by molar-refractivity contribution is 1.07. The molecule has 0 unspecified atom stereocenters. The Morgan fingerprint density at radius 1 is 0.340 bits per heavy atom. The zero-order valence-electron chi connectivity index (χ0n) is 27.0. The molecule has 0 atom stereocenters. The van der Waals surface area contributed by atoms with E-state index in [4.69, 9.17) is 19.9 Å². The summed E-state index contributed by atoms with van der Waals surface area (Å²) in [6, 6.07) is 58.1. The van der Waals surface area contributed by atoms with E-state index in [2.05, 4.69) is 96.0 Å². The van der Waals surface area contributed by atoms with Gasteiger partial charge in [0, 0.05) is 39.0 Å². The number of fused-ring (bicyclic) bond motifs is 3. The van der Waals surface area contributed by atoms with E-state index in [1.807, 2.05) is 85.1 Å². The largest absolute Gasteiger partial charge is 0.255 e. The highest BCUT2D eigenvalue weighted by Gasteiger charge is 2.17. The van der Waals surface area contributed by atoms with Crippen LogP contribution in [0.3, 0.4) is 0 Å². The molecule has 234 valence electrons. The van der Waals surface area contributed by atoms with Crippen molar-refractivity contribution in [3.63, 3.8) is 0 Å². The Labute approximate surface area is 289 Å². The molecule has 0 fully saturated rings. The van der Waals surface area contributed by atoms with Crippen molar-refractivity contribution in [2.45, 2.75) is 0 Å². The molecule has 0 saturated carbocycles. The molecule has 0 saturated heterocycles. The lowest BCUT2D eigenvalue weighted by Gasteiger charge is -2.15. The Morgan fingerprint density at radius 2 is 0.880 bits per heavy atom. The first-order chi connectivity index (χ1) is 24.8. The molecule has 0 aliphatic heterocycles. The van der Waals surface area contributed by atoms with Crippen molar-refractivity contribution in [3.8, 4) is 67.8 Å². The number of benzene rings is 6. The first-order valence-electron chi connectivity index (χ1n) is 16.6. The van der Waals surface area contributed by atoms with Crippen LogP contribution in [0.1, 0.15) is 0 Å². The summed E-state index contributed by atoms with van der Waals surface area (Å²) in [5.41, 5.74) is 10.00. The number of hydrogen-bond donors (Lipinski definition) is 0. The Balaban J connectivity index is 1.17. The van der Waals surface area contributed by atoms with Crippen molar-refractivity contribution < 1.29 is 0 Å². The van der Waals surface area contributed by atoms with Crippen molar-refractivity contribution in [3.05, 3.63) is 176 Å². The van der Waals surface area contributed by atoms with Crippen LogP contribution in [-0.2, 0) is 0 Å². The predicted octanol–water partition coefficient (Wildman–Crippen LogP) is 11.0. The Hall–Kier alpha value is -6.85. The van der Waals surface area contributed by atoms with Crippen LogP contribution in [0.4, 0.5) is 0 Å². The van der Waals surface area contributed by atoms with E-state index in [0.717, 1.165) is 66.4 Å². The van der Waals surface area contributed by atoms with E-state index in [0.29, 0.717) is 17.5 Å². The van der Waals surface area contributed by atoms with Crippen molar-refractivity contribution in [1.82, 2.24) is 24.9 Å². The molecule has 0 amide bonds. The molecule has 3 heterocycles. The highest BCUT2D eigenvalue weighted by atomic mass is 15.0. The minimum absolute atomic E-state index is 0.632. The minimum Gasteiger partial charge on any atom is -0.255 e. The molecule has 0 N–H and O–H groups in total. The molecule has 9 aromatic rings. The third kappa shape index (κ3) is 5.47. The molecule has 0 aliphatic carbocycles. The van der Waals surface area contributed by atoms with Crippen LogP contribution < -0.4 is 0 Å². The van der Waals surface area contributed by atoms with E-state index in [-0.39, 0.29) is 0 Å². The molecule has 0 spiro atoms. The highest BCUT2D eigenvalue weighted by Crippen LogP contribution is 2.39. The van der Waals surface area contributed by atoms with Gasteiger partial charge in [0.2, 0.25) is 0 Å². The molecule has 5 nitrogen and oxygen atoms in total. The van der Waals surface area contributed by atoms with Gasteiger partial charge in [-0.25, -0.2) is 19.9 Å². The molecule has 3 aromatic heterocycles. The van der Waals surface area contributed by atoms with Crippen LogP contribution in [0.2, 0.25) is 0 Å². The average Bonchev–Trinajstić information content (AvgIpc) is 3.21. The van der Waals surface area contributed by atoms with Gasteiger partial charge in [0.25, 0.3) is 0 Å². The Kier molecular flexibility index (Phi) is 7.41. The maximum atomic E-state index is 5.18. The number of nitrogens with zero attached hydrogens (tertiary/aromatic N) is 5. The number of rotatable bonds is 6. The summed E-state index contributed by atoms with van der Waals surface area (Å²) < 4.78 is 0. The van der Waals surface area contributed by atoms with Gasteiger partial charge in [-0.05, 0) is 46.5 Å². The van der Waals surface area contributed by atoms with E-state index in [1.54, 1.807) is 0 Å². The fraction of sp³-hybridized carbons (Fsp3) is 0. The fourth-order valence-electron chi connectivity index (χ4n) is 6.54. The molecule has 6 aromatic carbocycles. The molecule has 0 bridgehead atoms. The molecule has 9 rings (SSSR count). The number of hydrogen-bond acceptors (Lipinski definition) is 5. The first kappa shape index (κ1) is 29.3. The highest BCUT2D eigenvalue weighted by molar-refractivity contribution is 6.17. The van der Waals surface area contributed by atoms with Gasteiger partial charge in [0.15, 0.2) is 17.5 Å². The second-order valence-corrected chi connectivity index (χ2v) is 12.1. The molecule has 50 heavy (non-hydrogen) atoms. The molecule has 5 heteroatoms. The van der Waals surface area contributed by atoms with E-state index in [9.17, 15) is 0 Å². The van der Waals surface area contributed by atoms with Crippen LogP contribution in [0.15, 0.2) is 176 Å². The number of aromatic nitrogens is 5. The van der Waals surface area contributed by atoms with Crippen LogP contribution in [0, 0.1) is 0 Å². The molecule has 0 aliphatic rings. The quantitative estimate of drug-likeness (QED) is 0.169. The lowest BCUT2D eigenvalue weighted by Crippen LogP contribution is -2.00. The Bertz CT molecular complexity index is 2550. The van der Waals surface area contributed by atoms with Gasteiger partial charge in [-0.2, -0.15) is 0 Å². The monoisotopic (exact) mass is 639 g/mol.